The lowest BCUT2D eigenvalue weighted by molar-refractivity contribution is 0.341. The fraction of sp³-hybridized carbons (Fsp3) is 0.167. The van der Waals surface area contributed by atoms with Gasteiger partial charge in [-0.15, -0.1) is 11.3 Å². The Hall–Kier alpha value is -2.56. The molecule has 0 atom stereocenters. The van der Waals surface area contributed by atoms with E-state index < -0.39 is 0 Å². The molecule has 2 aromatic carbocycles. The highest BCUT2D eigenvalue weighted by atomic mass is 32.2. The third-order valence-electron chi connectivity index (χ3n) is 3.37. The van der Waals surface area contributed by atoms with Crippen molar-refractivity contribution in [2.45, 2.75) is 6.92 Å². The van der Waals surface area contributed by atoms with Crippen LogP contribution in [0.5, 0.6) is 5.75 Å². The molecule has 25 heavy (non-hydrogen) atoms. The van der Waals surface area contributed by atoms with E-state index in [1.165, 1.54) is 11.8 Å². The van der Waals surface area contributed by atoms with Crippen LogP contribution in [0.1, 0.15) is 6.92 Å². The molecule has 0 saturated heterocycles. The van der Waals surface area contributed by atoms with Crippen molar-refractivity contribution < 1.29 is 4.74 Å². The molecular formula is C18H16N4OS2. The molecule has 7 heteroatoms. The molecule has 0 fully saturated rings. The number of thiazole rings is 1. The highest BCUT2D eigenvalue weighted by molar-refractivity contribution is 8.13. The van der Waals surface area contributed by atoms with Gasteiger partial charge in [0, 0.05) is 5.56 Å². The summed E-state index contributed by atoms with van der Waals surface area (Å²) >= 11 is 3.03. The van der Waals surface area contributed by atoms with Gasteiger partial charge in [-0.1, -0.05) is 11.8 Å². The zero-order chi connectivity index (χ0) is 17.6. The van der Waals surface area contributed by atoms with Crippen molar-refractivity contribution in [1.82, 2.24) is 10.3 Å². The molecule has 1 aromatic heterocycles. The van der Waals surface area contributed by atoms with Crippen LogP contribution in [0.3, 0.4) is 0 Å². The van der Waals surface area contributed by atoms with Crippen LogP contribution in [0.2, 0.25) is 0 Å². The third kappa shape index (κ3) is 4.10. The number of amidine groups is 1. The second-order valence-corrected chi connectivity index (χ2v) is 6.81. The molecule has 5 nitrogen and oxygen atoms in total. The maximum atomic E-state index is 8.69. The summed E-state index contributed by atoms with van der Waals surface area (Å²) in [5, 5.41) is 12.8. The molecule has 3 rings (SSSR count). The number of rotatable bonds is 4. The number of nitrogens with one attached hydrogen (secondary N) is 1. The first-order chi connectivity index (χ1) is 12.2. The number of nitrogens with zero attached hydrogens (tertiary/aromatic N) is 3. The van der Waals surface area contributed by atoms with Gasteiger partial charge in [0.2, 0.25) is 0 Å². The average Bonchev–Trinajstić information content (AvgIpc) is 3.05. The van der Waals surface area contributed by atoms with Gasteiger partial charge >= 0.3 is 0 Å². The number of hydrogen-bond acceptors (Lipinski definition) is 6. The Morgan fingerprint density at radius 3 is 2.80 bits per heavy atom. The molecule has 0 amide bonds. The third-order valence-corrected chi connectivity index (χ3v) is 5.02. The minimum absolute atomic E-state index is 0.568. The summed E-state index contributed by atoms with van der Waals surface area (Å²) in [5.74, 6) is 0.865. The van der Waals surface area contributed by atoms with E-state index in [0.29, 0.717) is 11.8 Å². The van der Waals surface area contributed by atoms with Crippen LogP contribution in [0.4, 0.5) is 5.69 Å². The predicted octanol–water partition coefficient (Wildman–Crippen LogP) is 4.78. The van der Waals surface area contributed by atoms with E-state index in [2.05, 4.69) is 15.3 Å². The van der Waals surface area contributed by atoms with Gasteiger partial charge in [-0.3, -0.25) is 5.32 Å². The average molecular weight is 368 g/mol. The molecule has 0 aliphatic rings. The van der Waals surface area contributed by atoms with E-state index in [-0.39, 0.29) is 0 Å². The molecule has 0 bridgehead atoms. The Bertz CT molecular complexity index is 942. The van der Waals surface area contributed by atoms with E-state index >= 15 is 0 Å². The molecule has 0 aliphatic heterocycles. The van der Waals surface area contributed by atoms with Gasteiger partial charge in [-0.2, -0.15) is 5.26 Å². The van der Waals surface area contributed by atoms with E-state index in [1.54, 1.807) is 11.3 Å². The number of ether oxygens (including phenoxy) is 1. The highest BCUT2D eigenvalue weighted by Crippen LogP contribution is 2.33. The second-order valence-electron chi connectivity index (χ2n) is 4.99. The molecule has 0 aliphatic carbocycles. The first-order valence-electron chi connectivity index (χ1n) is 7.65. The van der Waals surface area contributed by atoms with E-state index in [1.807, 2.05) is 61.8 Å². The number of hydrogen-bond donors (Lipinski definition) is 1. The molecule has 0 radical (unpaired) electrons. The Morgan fingerprint density at radius 1 is 1.32 bits per heavy atom. The molecule has 1 N–H and O–H groups in total. The first kappa shape index (κ1) is 17.3. The molecule has 1 heterocycles. The molecule has 0 saturated carbocycles. The van der Waals surface area contributed by atoms with Gasteiger partial charge < -0.3 is 4.74 Å². The zero-order valence-electron chi connectivity index (χ0n) is 13.8. The van der Waals surface area contributed by atoms with Crippen molar-refractivity contribution in [1.29, 1.82) is 5.26 Å². The standard InChI is InChI=1S/C18H16N4OS2/c1-3-23-14-8-9-15-16(10-14)25-17(22-15)12-4-6-13(7-5-12)21-18(24-2)20-11-19/h4-10H,3H2,1-2H3,(H,20,21). The first-order valence-corrected chi connectivity index (χ1v) is 9.69. The summed E-state index contributed by atoms with van der Waals surface area (Å²) in [4.78, 5) is 9.08. The monoisotopic (exact) mass is 368 g/mol. The fourth-order valence-corrected chi connectivity index (χ4v) is 3.60. The van der Waals surface area contributed by atoms with Gasteiger partial charge in [0.05, 0.1) is 22.5 Å². The summed E-state index contributed by atoms with van der Waals surface area (Å²) in [5.41, 5.74) is 2.79. The lowest BCUT2D eigenvalue weighted by Gasteiger charge is -2.01. The number of thioether (sulfide) groups is 1. The fourth-order valence-electron chi connectivity index (χ4n) is 2.25. The molecule has 126 valence electrons. The van der Waals surface area contributed by atoms with Crippen LogP contribution in [0.15, 0.2) is 47.5 Å². The SMILES string of the molecule is CCOc1ccc2nc(-c3ccc(N=C(NC#N)SC)cc3)sc2c1. The number of aliphatic imine (C=N–C) groups is 1. The summed E-state index contributed by atoms with van der Waals surface area (Å²) in [6.45, 7) is 2.62. The van der Waals surface area contributed by atoms with E-state index in [4.69, 9.17) is 10.00 Å². The normalized spacial score (nSPS) is 11.3. The van der Waals surface area contributed by atoms with Crippen LogP contribution in [-0.4, -0.2) is 23.0 Å². The van der Waals surface area contributed by atoms with E-state index in [9.17, 15) is 0 Å². The van der Waals surface area contributed by atoms with Crippen LogP contribution in [0.25, 0.3) is 20.8 Å². The van der Waals surface area contributed by atoms with Crippen LogP contribution < -0.4 is 10.1 Å². The summed E-state index contributed by atoms with van der Waals surface area (Å²) in [6, 6.07) is 13.8. The van der Waals surface area contributed by atoms with Crippen LogP contribution >= 0.6 is 23.1 Å². The molecular weight excluding hydrogens is 352 g/mol. The predicted molar refractivity (Wildman–Crippen MR) is 106 cm³/mol. The van der Waals surface area contributed by atoms with Gasteiger partial charge in [0.25, 0.3) is 0 Å². The van der Waals surface area contributed by atoms with Crippen LogP contribution in [-0.2, 0) is 0 Å². The molecule has 0 unspecified atom stereocenters. The largest absolute Gasteiger partial charge is 0.494 e. The molecule has 0 spiro atoms. The van der Waals surface area contributed by atoms with E-state index in [0.717, 1.165) is 32.2 Å². The Balaban J connectivity index is 1.87. The van der Waals surface area contributed by atoms with Crippen LogP contribution in [0, 0.1) is 11.5 Å². The number of benzene rings is 2. The zero-order valence-corrected chi connectivity index (χ0v) is 15.4. The van der Waals surface area contributed by atoms with Crippen molar-refractivity contribution >= 4 is 44.2 Å². The maximum absolute atomic E-state index is 8.69. The topological polar surface area (TPSA) is 70.3 Å². The van der Waals surface area contributed by atoms with Gasteiger partial charge in [0.1, 0.15) is 10.8 Å². The molecule has 3 aromatic rings. The van der Waals surface area contributed by atoms with Gasteiger partial charge in [-0.25, -0.2) is 9.98 Å². The lowest BCUT2D eigenvalue weighted by Crippen LogP contribution is -2.12. The Kier molecular flexibility index (Phi) is 5.53. The smallest absolute Gasteiger partial charge is 0.183 e. The maximum Gasteiger partial charge on any atom is 0.183 e. The summed E-state index contributed by atoms with van der Waals surface area (Å²) in [6.07, 6.45) is 3.75. The Morgan fingerprint density at radius 2 is 2.12 bits per heavy atom. The number of fused-ring (bicyclic) bond motifs is 1. The lowest BCUT2D eigenvalue weighted by atomic mass is 10.2. The van der Waals surface area contributed by atoms with Crippen molar-refractivity contribution in [3.63, 3.8) is 0 Å². The minimum Gasteiger partial charge on any atom is -0.494 e. The quantitative estimate of drug-likeness (QED) is 0.310. The van der Waals surface area contributed by atoms with Gasteiger partial charge in [0.15, 0.2) is 11.4 Å². The second kappa shape index (κ2) is 8.01. The number of nitriles is 1. The highest BCUT2D eigenvalue weighted by Gasteiger charge is 2.08. The summed E-state index contributed by atoms with van der Waals surface area (Å²) < 4.78 is 6.65. The van der Waals surface area contributed by atoms with Crippen molar-refractivity contribution in [2.75, 3.05) is 12.9 Å². The van der Waals surface area contributed by atoms with Crippen molar-refractivity contribution in [3.8, 4) is 22.5 Å². The Labute approximate surface area is 154 Å². The summed E-state index contributed by atoms with van der Waals surface area (Å²) in [7, 11) is 0. The minimum atomic E-state index is 0.568. The number of aromatic nitrogens is 1. The van der Waals surface area contributed by atoms with Gasteiger partial charge in [-0.05, 0) is 55.6 Å². The van der Waals surface area contributed by atoms with Crippen molar-refractivity contribution in [2.24, 2.45) is 4.99 Å². The van der Waals surface area contributed by atoms with Crippen molar-refractivity contribution in [3.05, 3.63) is 42.5 Å².